The summed E-state index contributed by atoms with van der Waals surface area (Å²) in [6.45, 7) is 8.31. The van der Waals surface area contributed by atoms with E-state index < -0.39 is 0 Å². The van der Waals surface area contributed by atoms with Crippen molar-refractivity contribution in [2.24, 2.45) is 0 Å². The van der Waals surface area contributed by atoms with E-state index in [1.54, 1.807) is 6.33 Å². The van der Waals surface area contributed by atoms with E-state index in [1.807, 2.05) is 20.0 Å². The van der Waals surface area contributed by atoms with Gasteiger partial charge in [0.1, 0.15) is 5.76 Å². The zero-order valence-electron chi connectivity index (χ0n) is 13.5. The smallest absolute Gasteiger partial charge is 0.137 e. The summed E-state index contributed by atoms with van der Waals surface area (Å²) in [7, 11) is 0. The Kier molecular flexibility index (Phi) is 3.84. The van der Waals surface area contributed by atoms with Crippen LogP contribution in [0, 0.1) is 27.7 Å². The maximum atomic E-state index is 5.33. The molecule has 0 fully saturated rings. The fourth-order valence-electron chi connectivity index (χ4n) is 2.99. The quantitative estimate of drug-likeness (QED) is 0.791. The van der Waals surface area contributed by atoms with Crippen molar-refractivity contribution < 1.29 is 4.52 Å². The Bertz CT molecular complexity index is 752. The van der Waals surface area contributed by atoms with Gasteiger partial charge < -0.3 is 9.51 Å². The van der Waals surface area contributed by atoms with E-state index in [0.717, 1.165) is 23.6 Å². The molecule has 2 aromatic heterocycles. The lowest BCUT2D eigenvalue weighted by molar-refractivity contribution is 0.392. The van der Waals surface area contributed by atoms with Crippen LogP contribution in [0.3, 0.4) is 0 Å². The first kappa shape index (κ1) is 14.6. The Morgan fingerprint density at radius 3 is 2.64 bits per heavy atom. The lowest BCUT2D eigenvalue weighted by Crippen LogP contribution is -2.09. The Labute approximate surface area is 130 Å². The second-order valence-electron chi connectivity index (χ2n) is 5.86. The zero-order chi connectivity index (χ0) is 15.7. The van der Waals surface area contributed by atoms with Crippen LogP contribution >= 0.6 is 0 Å². The average molecular weight is 295 g/mol. The molecule has 22 heavy (non-hydrogen) atoms. The van der Waals surface area contributed by atoms with Gasteiger partial charge in [-0.2, -0.15) is 0 Å². The number of aryl methyl sites for hydroxylation is 3. The summed E-state index contributed by atoms with van der Waals surface area (Å²) in [5.74, 6) is 1.12. The van der Waals surface area contributed by atoms with Crippen molar-refractivity contribution in [3.05, 3.63) is 70.1 Å². The van der Waals surface area contributed by atoms with Gasteiger partial charge in [-0.1, -0.05) is 23.4 Å². The number of rotatable bonds is 4. The van der Waals surface area contributed by atoms with E-state index in [2.05, 4.69) is 47.2 Å². The summed E-state index contributed by atoms with van der Waals surface area (Å²) in [4.78, 5) is 7.47. The third kappa shape index (κ3) is 2.56. The van der Waals surface area contributed by atoms with Gasteiger partial charge in [0.05, 0.1) is 12.0 Å². The molecule has 0 aliphatic carbocycles. The first-order valence-electron chi connectivity index (χ1n) is 7.54. The molecule has 0 saturated heterocycles. The van der Waals surface area contributed by atoms with Crippen molar-refractivity contribution in [1.82, 2.24) is 15.1 Å². The third-order valence-corrected chi connectivity index (χ3v) is 4.51. The van der Waals surface area contributed by atoms with Gasteiger partial charge in [0, 0.05) is 23.4 Å². The van der Waals surface area contributed by atoms with E-state index >= 15 is 0 Å². The second kappa shape index (κ2) is 5.79. The van der Waals surface area contributed by atoms with Crippen molar-refractivity contribution in [3.8, 4) is 0 Å². The van der Waals surface area contributed by atoms with Gasteiger partial charge in [-0.25, -0.2) is 4.98 Å². The van der Waals surface area contributed by atoms with E-state index in [-0.39, 0.29) is 5.92 Å². The van der Waals surface area contributed by atoms with Crippen molar-refractivity contribution in [3.63, 3.8) is 0 Å². The maximum absolute atomic E-state index is 5.33. The topological polar surface area (TPSA) is 54.7 Å². The van der Waals surface area contributed by atoms with Gasteiger partial charge in [0.15, 0.2) is 0 Å². The Balaban J connectivity index is 2.07. The molecule has 114 valence electrons. The highest BCUT2D eigenvalue weighted by molar-refractivity contribution is 5.41. The van der Waals surface area contributed by atoms with E-state index in [0.29, 0.717) is 0 Å². The molecule has 1 aromatic carbocycles. The van der Waals surface area contributed by atoms with Crippen LogP contribution in [0.2, 0.25) is 0 Å². The van der Waals surface area contributed by atoms with Crippen LogP contribution in [0.1, 0.15) is 45.3 Å². The minimum atomic E-state index is 0.221. The normalized spacial score (nSPS) is 12.5. The van der Waals surface area contributed by atoms with E-state index in [9.17, 15) is 0 Å². The molecule has 2 heterocycles. The molecule has 0 spiro atoms. The molecule has 0 aliphatic rings. The van der Waals surface area contributed by atoms with Gasteiger partial charge >= 0.3 is 0 Å². The predicted octanol–water partition coefficient (Wildman–Crippen LogP) is 4.01. The molecule has 1 N–H and O–H groups in total. The zero-order valence-corrected chi connectivity index (χ0v) is 13.5. The lowest BCUT2D eigenvalue weighted by Gasteiger charge is -2.19. The second-order valence-corrected chi connectivity index (χ2v) is 5.86. The number of nitrogens with zero attached hydrogens (tertiary/aromatic N) is 2. The molecule has 1 atom stereocenters. The average Bonchev–Trinajstić information content (AvgIpc) is 3.12. The molecule has 0 aliphatic heterocycles. The molecule has 1 unspecified atom stereocenters. The maximum Gasteiger partial charge on any atom is 0.137 e. The summed E-state index contributed by atoms with van der Waals surface area (Å²) >= 11 is 0. The molecule has 3 rings (SSSR count). The molecular weight excluding hydrogens is 274 g/mol. The van der Waals surface area contributed by atoms with Gasteiger partial charge in [-0.3, -0.25) is 0 Å². The van der Waals surface area contributed by atoms with Crippen LogP contribution < -0.4 is 0 Å². The molecule has 0 bridgehead atoms. The predicted molar refractivity (Wildman–Crippen MR) is 86.0 cm³/mol. The number of hydrogen-bond donors (Lipinski definition) is 1. The third-order valence-electron chi connectivity index (χ3n) is 4.51. The number of aromatic nitrogens is 3. The first-order valence-corrected chi connectivity index (χ1v) is 7.54. The largest absolute Gasteiger partial charge is 0.361 e. The van der Waals surface area contributed by atoms with Crippen LogP contribution in [-0.4, -0.2) is 15.1 Å². The molecule has 0 amide bonds. The summed E-state index contributed by atoms with van der Waals surface area (Å²) < 4.78 is 5.33. The van der Waals surface area contributed by atoms with Gasteiger partial charge in [0.2, 0.25) is 0 Å². The number of imidazole rings is 1. The molecular formula is C18H21N3O. The Hall–Kier alpha value is -2.36. The Morgan fingerprint density at radius 1 is 1.18 bits per heavy atom. The fraction of sp³-hybridized carbons (Fsp3) is 0.333. The van der Waals surface area contributed by atoms with Crippen LogP contribution in [0.25, 0.3) is 0 Å². The summed E-state index contributed by atoms with van der Waals surface area (Å²) in [6, 6.07) is 6.47. The van der Waals surface area contributed by atoms with Gasteiger partial charge in [-0.05, 0) is 50.8 Å². The first-order chi connectivity index (χ1) is 10.6. The minimum absolute atomic E-state index is 0.221. The minimum Gasteiger partial charge on any atom is -0.361 e. The van der Waals surface area contributed by atoms with Crippen molar-refractivity contribution in [2.75, 3.05) is 0 Å². The number of H-pyrrole nitrogens is 1. The number of benzene rings is 1. The van der Waals surface area contributed by atoms with Crippen molar-refractivity contribution in [1.29, 1.82) is 0 Å². The summed E-state index contributed by atoms with van der Waals surface area (Å²) in [6.07, 6.45) is 4.50. The van der Waals surface area contributed by atoms with Crippen LogP contribution in [0.15, 0.2) is 35.2 Å². The molecule has 4 heteroatoms. The summed E-state index contributed by atoms with van der Waals surface area (Å²) in [5.41, 5.74) is 7.22. The monoisotopic (exact) mass is 295 g/mol. The highest BCUT2D eigenvalue weighted by Gasteiger charge is 2.22. The SMILES string of the molecule is Cc1cccc(C(Cc2c(C)noc2C)c2cnc[nH]2)c1C. The highest BCUT2D eigenvalue weighted by Crippen LogP contribution is 2.32. The van der Waals surface area contributed by atoms with E-state index in [4.69, 9.17) is 4.52 Å². The van der Waals surface area contributed by atoms with Crippen LogP contribution in [-0.2, 0) is 6.42 Å². The number of nitrogens with one attached hydrogen (secondary N) is 1. The number of aromatic amines is 1. The standard InChI is InChI=1S/C18H21N3O/c1-11-6-5-7-15(12(11)2)17(18-9-19-10-20-18)8-16-13(3)21-22-14(16)4/h5-7,9-10,17H,8H2,1-4H3,(H,19,20). The Morgan fingerprint density at radius 2 is 2.00 bits per heavy atom. The van der Waals surface area contributed by atoms with Crippen molar-refractivity contribution >= 4 is 0 Å². The fourth-order valence-corrected chi connectivity index (χ4v) is 2.99. The lowest BCUT2D eigenvalue weighted by atomic mass is 9.85. The van der Waals surface area contributed by atoms with Crippen LogP contribution in [0.4, 0.5) is 0 Å². The molecule has 0 saturated carbocycles. The van der Waals surface area contributed by atoms with Gasteiger partial charge in [0.25, 0.3) is 0 Å². The van der Waals surface area contributed by atoms with Crippen LogP contribution in [0.5, 0.6) is 0 Å². The molecule has 3 aromatic rings. The van der Waals surface area contributed by atoms with Gasteiger partial charge in [-0.15, -0.1) is 0 Å². The summed E-state index contributed by atoms with van der Waals surface area (Å²) in [5, 5.41) is 4.08. The highest BCUT2D eigenvalue weighted by atomic mass is 16.5. The van der Waals surface area contributed by atoms with Crippen molar-refractivity contribution in [2.45, 2.75) is 40.0 Å². The molecule has 4 nitrogen and oxygen atoms in total. The molecule has 0 radical (unpaired) electrons. The van der Waals surface area contributed by atoms with E-state index in [1.165, 1.54) is 22.3 Å². The number of hydrogen-bond acceptors (Lipinski definition) is 3.